The molecule has 1 unspecified atom stereocenters. The Balaban J connectivity index is 2.58. The molecule has 0 aromatic carbocycles. The number of aromatic nitrogens is 2. The summed E-state index contributed by atoms with van der Waals surface area (Å²) in [6.45, 7) is 0.302. The van der Waals surface area contributed by atoms with Gasteiger partial charge in [-0.05, 0) is 0 Å². The van der Waals surface area contributed by atoms with E-state index in [-0.39, 0.29) is 0 Å². The van der Waals surface area contributed by atoms with Crippen molar-refractivity contribution in [1.29, 1.82) is 0 Å². The largest absolute Gasteiger partial charge is 0.480 e. The minimum Gasteiger partial charge on any atom is -0.480 e. The van der Waals surface area contributed by atoms with Crippen LogP contribution >= 0.6 is 0 Å². The molecule has 3 N–H and O–H groups in total. The van der Waals surface area contributed by atoms with Crippen molar-refractivity contribution in [1.82, 2.24) is 4.57 Å². The van der Waals surface area contributed by atoms with Crippen LogP contribution in [0.25, 0.3) is 0 Å². The Labute approximate surface area is 70.0 Å². The maximum Gasteiger partial charge on any atom is 0.324 e. The van der Waals surface area contributed by atoms with Gasteiger partial charge in [0.15, 0.2) is 0 Å². The number of nitrogens with zero attached hydrogens (tertiary/aromatic N) is 2. The van der Waals surface area contributed by atoms with Crippen LogP contribution in [0.15, 0.2) is 18.7 Å². The molecule has 1 heterocycles. The first-order chi connectivity index (χ1) is 5.59. The second kappa shape index (κ2) is 3.36. The summed E-state index contributed by atoms with van der Waals surface area (Å²) in [5.74, 6) is -0.980. The summed E-state index contributed by atoms with van der Waals surface area (Å²) in [7, 11) is 1.86. The number of carbonyl (C=O) groups is 1. The van der Waals surface area contributed by atoms with Gasteiger partial charge in [-0.15, -0.1) is 0 Å². The molecule has 0 bridgehead atoms. The minimum atomic E-state index is -0.980. The molecule has 0 radical (unpaired) electrons. The number of carboxylic acids is 1. The zero-order chi connectivity index (χ0) is 9.14. The summed E-state index contributed by atoms with van der Waals surface area (Å²) in [5, 5.41) is 8.50. The molecule has 0 saturated heterocycles. The maximum atomic E-state index is 10.4. The molecular formula is C7H12N3O2+. The number of aryl methyl sites for hydroxylation is 1. The lowest BCUT2D eigenvalue weighted by Crippen LogP contribution is -2.35. The maximum absolute atomic E-state index is 10.4. The summed E-state index contributed by atoms with van der Waals surface area (Å²) in [6.07, 6.45) is 5.39. The highest BCUT2D eigenvalue weighted by Gasteiger charge is 2.14. The van der Waals surface area contributed by atoms with E-state index < -0.39 is 12.0 Å². The predicted molar refractivity (Wildman–Crippen MR) is 41.2 cm³/mol. The fourth-order valence-corrected chi connectivity index (χ4v) is 0.915. The Kier molecular flexibility index (Phi) is 2.44. The monoisotopic (exact) mass is 170 g/mol. The summed E-state index contributed by atoms with van der Waals surface area (Å²) in [4.78, 5) is 10.4. The van der Waals surface area contributed by atoms with Crippen LogP contribution in [0.3, 0.4) is 0 Å². The average molecular weight is 170 g/mol. The Morgan fingerprint density at radius 3 is 2.92 bits per heavy atom. The zero-order valence-corrected chi connectivity index (χ0v) is 6.84. The van der Waals surface area contributed by atoms with Gasteiger partial charge in [-0.25, -0.2) is 9.13 Å². The number of nitrogens with two attached hydrogens (primary N) is 1. The van der Waals surface area contributed by atoms with E-state index in [1.54, 1.807) is 17.1 Å². The van der Waals surface area contributed by atoms with Crippen LogP contribution in [0.4, 0.5) is 0 Å². The van der Waals surface area contributed by atoms with Crippen LogP contribution in [-0.2, 0) is 18.4 Å². The van der Waals surface area contributed by atoms with E-state index in [1.807, 2.05) is 17.8 Å². The molecule has 0 spiro atoms. The van der Waals surface area contributed by atoms with Crippen LogP contribution < -0.4 is 10.3 Å². The number of hydrogen-bond acceptors (Lipinski definition) is 2. The average Bonchev–Trinajstić information content (AvgIpc) is 2.35. The van der Waals surface area contributed by atoms with Crippen LogP contribution in [0, 0.1) is 0 Å². The van der Waals surface area contributed by atoms with Gasteiger partial charge >= 0.3 is 5.97 Å². The Morgan fingerprint density at radius 1 is 1.83 bits per heavy atom. The van der Waals surface area contributed by atoms with Crippen LogP contribution in [0.5, 0.6) is 0 Å². The molecule has 0 saturated carbocycles. The smallest absolute Gasteiger partial charge is 0.324 e. The molecule has 5 nitrogen and oxygen atoms in total. The molecule has 1 atom stereocenters. The summed E-state index contributed by atoms with van der Waals surface area (Å²) < 4.78 is 3.56. The lowest BCUT2D eigenvalue weighted by Gasteiger charge is -2.01. The number of hydrogen-bond donors (Lipinski definition) is 2. The van der Waals surface area contributed by atoms with Gasteiger partial charge in [0.05, 0.1) is 7.05 Å². The molecule has 1 aromatic rings. The van der Waals surface area contributed by atoms with Crippen molar-refractivity contribution in [2.24, 2.45) is 12.8 Å². The van der Waals surface area contributed by atoms with E-state index in [2.05, 4.69) is 0 Å². The number of rotatable bonds is 3. The third-order valence-electron chi connectivity index (χ3n) is 1.55. The van der Waals surface area contributed by atoms with Gasteiger partial charge < -0.3 is 10.8 Å². The number of aliphatic carboxylic acids is 1. The molecule has 66 valence electrons. The molecule has 5 heteroatoms. The van der Waals surface area contributed by atoms with Gasteiger partial charge in [0.1, 0.15) is 25.0 Å². The molecule has 0 amide bonds. The zero-order valence-electron chi connectivity index (χ0n) is 6.84. The predicted octanol–water partition coefficient (Wildman–Crippen LogP) is -1.28. The fourth-order valence-electron chi connectivity index (χ4n) is 0.915. The standard InChI is InChI=1S/C7H11N3O2/c1-9-2-3-10(5-9)4-6(8)7(11)12/h2-3,5-6H,4,8H2,1H3/p+1. The molecule has 0 aliphatic carbocycles. The van der Waals surface area contributed by atoms with Crippen molar-refractivity contribution < 1.29 is 14.5 Å². The molecule has 12 heavy (non-hydrogen) atoms. The first-order valence-corrected chi connectivity index (χ1v) is 3.59. The van der Waals surface area contributed by atoms with Crippen molar-refractivity contribution in [2.75, 3.05) is 0 Å². The summed E-state index contributed by atoms with van der Waals surface area (Å²) in [6, 6.07) is -0.836. The first kappa shape index (κ1) is 8.73. The van der Waals surface area contributed by atoms with Crippen LogP contribution in [0.2, 0.25) is 0 Å². The summed E-state index contributed by atoms with van der Waals surface area (Å²) in [5.41, 5.74) is 5.33. The second-order valence-corrected chi connectivity index (χ2v) is 2.72. The number of imidazole rings is 1. The van der Waals surface area contributed by atoms with E-state index in [0.717, 1.165) is 0 Å². The Bertz CT molecular complexity index is 282. The van der Waals surface area contributed by atoms with Crippen molar-refractivity contribution in [2.45, 2.75) is 12.6 Å². The Hall–Kier alpha value is -1.36. The van der Waals surface area contributed by atoms with Gasteiger partial charge in [-0.1, -0.05) is 0 Å². The highest BCUT2D eigenvalue weighted by molar-refractivity contribution is 5.72. The summed E-state index contributed by atoms with van der Waals surface area (Å²) >= 11 is 0. The lowest BCUT2D eigenvalue weighted by molar-refractivity contribution is -0.671. The fraction of sp³-hybridized carbons (Fsp3) is 0.429. The van der Waals surface area contributed by atoms with Crippen molar-refractivity contribution in [3.8, 4) is 0 Å². The van der Waals surface area contributed by atoms with Gasteiger partial charge in [0.2, 0.25) is 6.33 Å². The molecular weight excluding hydrogens is 158 g/mol. The topological polar surface area (TPSA) is 72.1 Å². The molecule has 0 aliphatic rings. The van der Waals surface area contributed by atoms with Crippen LogP contribution in [-0.4, -0.2) is 21.7 Å². The van der Waals surface area contributed by atoms with E-state index in [4.69, 9.17) is 10.8 Å². The SMILES string of the molecule is C[n+]1ccn(CC(N)C(=O)O)c1. The third-order valence-corrected chi connectivity index (χ3v) is 1.55. The number of carboxylic acid groups (broad SMARTS) is 1. The van der Waals surface area contributed by atoms with E-state index in [9.17, 15) is 4.79 Å². The van der Waals surface area contributed by atoms with Crippen molar-refractivity contribution in [3.05, 3.63) is 18.7 Å². The van der Waals surface area contributed by atoms with Crippen LogP contribution in [0.1, 0.15) is 0 Å². The highest BCUT2D eigenvalue weighted by Crippen LogP contribution is 1.88. The second-order valence-electron chi connectivity index (χ2n) is 2.72. The van der Waals surface area contributed by atoms with Gasteiger partial charge in [-0.3, -0.25) is 4.79 Å². The normalized spacial score (nSPS) is 12.8. The van der Waals surface area contributed by atoms with E-state index in [0.29, 0.717) is 6.54 Å². The van der Waals surface area contributed by atoms with Crippen molar-refractivity contribution >= 4 is 5.97 Å². The molecule has 1 rings (SSSR count). The van der Waals surface area contributed by atoms with E-state index in [1.165, 1.54) is 0 Å². The minimum absolute atomic E-state index is 0.302. The molecule has 1 aromatic heterocycles. The quantitative estimate of drug-likeness (QED) is 0.555. The molecule has 0 aliphatic heterocycles. The van der Waals surface area contributed by atoms with E-state index >= 15 is 0 Å². The molecule has 0 fully saturated rings. The van der Waals surface area contributed by atoms with Gasteiger partial charge in [-0.2, -0.15) is 0 Å². The lowest BCUT2D eigenvalue weighted by atomic mass is 10.3. The van der Waals surface area contributed by atoms with Gasteiger partial charge in [0, 0.05) is 0 Å². The highest BCUT2D eigenvalue weighted by atomic mass is 16.4. The van der Waals surface area contributed by atoms with Gasteiger partial charge in [0.25, 0.3) is 0 Å². The Morgan fingerprint density at radius 2 is 2.50 bits per heavy atom. The first-order valence-electron chi connectivity index (χ1n) is 3.59. The third kappa shape index (κ3) is 2.06. The van der Waals surface area contributed by atoms with Crippen molar-refractivity contribution in [3.63, 3.8) is 0 Å².